The predicted octanol–water partition coefficient (Wildman–Crippen LogP) is 4.64. The van der Waals surface area contributed by atoms with Gasteiger partial charge >= 0.3 is 0 Å². The van der Waals surface area contributed by atoms with E-state index in [-0.39, 0.29) is 22.6 Å². The highest BCUT2D eigenvalue weighted by atomic mass is 35.5. The topological polar surface area (TPSA) is 9.23 Å². The molecule has 4 unspecified atom stereocenters. The van der Waals surface area contributed by atoms with E-state index in [0.29, 0.717) is 13.2 Å². The molecule has 4 atom stereocenters. The van der Waals surface area contributed by atoms with E-state index in [1.165, 1.54) is 0 Å². The Morgan fingerprint density at radius 3 is 1.47 bits per heavy atom. The molecule has 17 heavy (non-hydrogen) atoms. The number of hydrogen-bond acceptors (Lipinski definition) is 1. The number of alkyl halides is 2. The van der Waals surface area contributed by atoms with E-state index in [1.54, 1.807) is 0 Å². The van der Waals surface area contributed by atoms with Crippen LogP contribution in [0.15, 0.2) is 24.3 Å². The van der Waals surface area contributed by atoms with Gasteiger partial charge in [-0.3, -0.25) is 0 Å². The van der Waals surface area contributed by atoms with Gasteiger partial charge in [0.15, 0.2) is 0 Å². The molecule has 0 rings (SSSR count). The molecule has 0 radical (unpaired) electrons. The van der Waals surface area contributed by atoms with Crippen molar-refractivity contribution >= 4 is 23.2 Å². The van der Waals surface area contributed by atoms with Crippen molar-refractivity contribution in [1.82, 2.24) is 0 Å². The summed E-state index contributed by atoms with van der Waals surface area (Å²) in [4.78, 5) is 0. The van der Waals surface area contributed by atoms with Crippen molar-refractivity contribution in [2.45, 2.75) is 38.4 Å². The highest BCUT2D eigenvalue weighted by molar-refractivity contribution is 6.20. The van der Waals surface area contributed by atoms with E-state index in [0.717, 1.165) is 0 Å². The maximum absolute atomic E-state index is 6.09. The molecule has 0 saturated carbocycles. The molecular formula is C14H24Cl2O. The minimum Gasteiger partial charge on any atom is -0.380 e. The molecule has 0 heterocycles. The molecule has 100 valence electrons. The van der Waals surface area contributed by atoms with Gasteiger partial charge in [-0.15, -0.1) is 23.2 Å². The van der Waals surface area contributed by atoms with Crippen LogP contribution in [0.1, 0.15) is 27.7 Å². The summed E-state index contributed by atoms with van der Waals surface area (Å²) in [6.45, 7) is 9.26. The molecule has 0 fully saturated rings. The number of allylic oxidation sites excluding steroid dienone is 2. The van der Waals surface area contributed by atoms with Crippen LogP contribution in [0.2, 0.25) is 0 Å². The van der Waals surface area contributed by atoms with E-state index < -0.39 is 0 Å². The molecule has 3 heteroatoms. The molecular weight excluding hydrogens is 255 g/mol. The predicted molar refractivity (Wildman–Crippen MR) is 78.1 cm³/mol. The van der Waals surface area contributed by atoms with E-state index in [4.69, 9.17) is 27.9 Å². The fourth-order valence-corrected chi connectivity index (χ4v) is 1.83. The molecule has 0 amide bonds. The summed E-state index contributed by atoms with van der Waals surface area (Å²) >= 11 is 12.2. The monoisotopic (exact) mass is 278 g/mol. The zero-order valence-electron chi connectivity index (χ0n) is 11.2. The second-order valence-electron chi connectivity index (χ2n) is 4.27. The quantitative estimate of drug-likeness (QED) is 0.464. The van der Waals surface area contributed by atoms with Gasteiger partial charge in [0.05, 0.1) is 13.2 Å². The van der Waals surface area contributed by atoms with Crippen molar-refractivity contribution in [2.24, 2.45) is 11.8 Å². The molecule has 0 aliphatic carbocycles. The maximum Gasteiger partial charge on any atom is 0.0543 e. The molecule has 0 aliphatic heterocycles. The minimum atomic E-state index is 0.0831. The third kappa shape index (κ3) is 7.86. The maximum atomic E-state index is 6.09. The molecule has 0 aliphatic rings. The summed E-state index contributed by atoms with van der Waals surface area (Å²) in [5.41, 5.74) is 0. The van der Waals surface area contributed by atoms with Crippen molar-refractivity contribution in [1.29, 1.82) is 0 Å². The fourth-order valence-electron chi connectivity index (χ4n) is 1.52. The Morgan fingerprint density at radius 2 is 1.24 bits per heavy atom. The Kier molecular flexibility index (Phi) is 10.0. The molecule has 0 bridgehead atoms. The van der Waals surface area contributed by atoms with Crippen molar-refractivity contribution in [2.75, 3.05) is 13.2 Å². The second-order valence-corrected chi connectivity index (χ2v) is 5.65. The third-order valence-corrected chi connectivity index (χ3v) is 3.33. The lowest BCUT2D eigenvalue weighted by Crippen LogP contribution is -2.21. The van der Waals surface area contributed by atoms with Crippen LogP contribution >= 0.6 is 23.2 Å². The summed E-state index contributed by atoms with van der Waals surface area (Å²) in [5.74, 6) is 0.525. The second kappa shape index (κ2) is 9.99. The zero-order valence-corrected chi connectivity index (χ0v) is 12.7. The normalized spacial score (nSPS) is 19.6. The first-order chi connectivity index (χ1) is 8.02. The number of hydrogen-bond donors (Lipinski definition) is 0. The van der Waals surface area contributed by atoms with Crippen LogP contribution in [-0.4, -0.2) is 24.0 Å². The standard InChI is InChI=1S/C14H24Cl2O/c1-5-7-13(11(3)15)9-17-10-14(8-6-2)12(4)16/h5-8,11-14H,9-10H2,1-4H3. The van der Waals surface area contributed by atoms with E-state index >= 15 is 0 Å². The summed E-state index contributed by atoms with van der Waals surface area (Å²) in [5, 5.41) is 0.166. The van der Waals surface area contributed by atoms with Crippen LogP contribution in [0.3, 0.4) is 0 Å². The summed E-state index contributed by atoms with van der Waals surface area (Å²) in [7, 11) is 0. The van der Waals surface area contributed by atoms with Crippen LogP contribution in [0.4, 0.5) is 0 Å². The highest BCUT2D eigenvalue weighted by Gasteiger charge is 2.15. The molecule has 0 aromatic carbocycles. The third-order valence-electron chi connectivity index (χ3n) is 2.68. The van der Waals surface area contributed by atoms with E-state index in [2.05, 4.69) is 12.2 Å². The first-order valence-corrected chi connectivity index (χ1v) is 7.01. The zero-order chi connectivity index (χ0) is 13.3. The largest absolute Gasteiger partial charge is 0.380 e. The Labute approximate surface area is 116 Å². The molecule has 0 saturated heterocycles. The van der Waals surface area contributed by atoms with Crippen molar-refractivity contribution in [3.63, 3.8) is 0 Å². The van der Waals surface area contributed by atoms with Gasteiger partial charge in [-0.05, 0) is 27.7 Å². The van der Waals surface area contributed by atoms with E-state index in [9.17, 15) is 0 Å². The SMILES string of the molecule is CC=CC(COCC(C=CC)C(C)Cl)C(C)Cl. The molecule has 1 nitrogen and oxygen atoms in total. The van der Waals surface area contributed by atoms with Crippen LogP contribution in [-0.2, 0) is 4.74 Å². The summed E-state index contributed by atoms with van der Waals surface area (Å²) in [6, 6.07) is 0. The lowest BCUT2D eigenvalue weighted by atomic mass is 10.1. The van der Waals surface area contributed by atoms with E-state index in [1.807, 2.05) is 39.8 Å². The van der Waals surface area contributed by atoms with Gasteiger partial charge in [-0.2, -0.15) is 0 Å². The average molecular weight is 279 g/mol. The number of halogens is 2. The van der Waals surface area contributed by atoms with Gasteiger partial charge in [0.2, 0.25) is 0 Å². The first kappa shape index (κ1) is 17.0. The summed E-state index contributed by atoms with van der Waals surface area (Å²) in [6.07, 6.45) is 8.21. The summed E-state index contributed by atoms with van der Waals surface area (Å²) < 4.78 is 5.71. The van der Waals surface area contributed by atoms with Crippen molar-refractivity contribution < 1.29 is 4.74 Å². The number of ether oxygens (including phenoxy) is 1. The average Bonchev–Trinajstić information content (AvgIpc) is 2.26. The van der Waals surface area contributed by atoms with Gasteiger partial charge in [0, 0.05) is 22.6 Å². The van der Waals surface area contributed by atoms with Crippen LogP contribution in [0.25, 0.3) is 0 Å². The lowest BCUT2D eigenvalue weighted by Gasteiger charge is -2.19. The minimum absolute atomic E-state index is 0.0831. The lowest BCUT2D eigenvalue weighted by molar-refractivity contribution is 0.0928. The Balaban J connectivity index is 4.09. The highest BCUT2D eigenvalue weighted by Crippen LogP contribution is 2.16. The molecule has 0 aromatic rings. The van der Waals surface area contributed by atoms with Crippen molar-refractivity contribution in [3.8, 4) is 0 Å². The fraction of sp³-hybridized carbons (Fsp3) is 0.714. The van der Waals surface area contributed by atoms with Crippen molar-refractivity contribution in [3.05, 3.63) is 24.3 Å². The Morgan fingerprint density at radius 1 is 0.882 bits per heavy atom. The van der Waals surface area contributed by atoms with Gasteiger partial charge in [0.1, 0.15) is 0 Å². The van der Waals surface area contributed by atoms with Crippen LogP contribution in [0, 0.1) is 11.8 Å². The van der Waals surface area contributed by atoms with Gasteiger partial charge < -0.3 is 4.74 Å². The van der Waals surface area contributed by atoms with Crippen LogP contribution < -0.4 is 0 Å². The molecule has 0 aromatic heterocycles. The first-order valence-electron chi connectivity index (χ1n) is 6.14. The Hall–Kier alpha value is 0.0200. The molecule has 0 N–H and O–H groups in total. The van der Waals surface area contributed by atoms with Gasteiger partial charge in [-0.25, -0.2) is 0 Å². The van der Waals surface area contributed by atoms with Gasteiger partial charge in [0.25, 0.3) is 0 Å². The number of rotatable bonds is 8. The van der Waals surface area contributed by atoms with Gasteiger partial charge in [-0.1, -0.05) is 24.3 Å². The van der Waals surface area contributed by atoms with Crippen LogP contribution in [0.5, 0.6) is 0 Å². The Bertz CT molecular complexity index is 210. The molecule has 0 spiro atoms. The smallest absolute Gasteiger partial charge is 0.0543 e.